The SMILES string of the molecule is CC/C=C\C/C=C\C/C=C\C/C=C\C/C=C\CCCCCC(=O)OC[C@H](COC(=O)CCCCCCCCC/C=C\CCCCCCCC)OC(=O)CCCCCCCCCCCCCCCCC. The molecule has 1 atom stereocenters. The third-order valence-corrected chi connectivity index (χ3v) is 12.7. The molecule has 0 unspecified atom stereocenters. The Labute approximate surface area is 427 Å². The van der Waals surface area contributed by atoms with Gasteiger partial charge in [-0.3, -0.25) is 14.4 Å². The summed E-state index contributed by atoms with van der Waals surface area (Å²) in [5, 5.41) is 0. The molecule has 0 fully saturated rings. The highest BCUT2D eigenvalue weighted by molar-refractivity contribution is 5.71. The highest BCUT2D eigenvalue weighted by Crippen LogP contribution is 2.16. The molecule has 0 aliphatic carbocycles. The van der Waals surface area contributed by atoms with Crippen LogP contribution >= 0.6 is 0 Å². The van der Waals surface area contributed by atoms with Crippen LogP contribution in [0.1, 0.15) is 290 Å². The fraction of sp³-hybridized carbons (Fsp3) is 0.762. The van der Waals surface area contributed by atoms with Crippen molar-refractivity contribution in [1.82, 2.24) is 0 Å². The van der Waals surface area contributed by atoms with E-state index in [9.17, 15) is 14.4 Å². The van der Waals surface area contributed by atoms with Crippen LogP contribution in [0.15, 0.2) is 72.9 Å². The Morgan fingerprint density at radius 2 is 0.565 bits per heavy atom. The molecule has 0 bridgehead atoms. The molecule has 0 aliphatic rings. The van der Waals surface area contributed by atoms with Crippen LogP contribution in [-0.4, -0.2) is 37.2 Å². The van der Waals surface area contributed by atoms with Gasteiger partial charge in [0.2, 0.25) is 0 Å². The van der Waals surface area contributed by atoms with Gasteiger partial charge in [-0.2, -0.15) is 0 Å². The minimum atomic E-state index is -0.789. The van der Waals surface area contributed by atoms with E-state index in [0.717, 1.165) is 96.3 Å². The van der Waals surface area contributed by atoms with Crippen LogP contribution in [0.5, 0.6) is 0 Å². The zero-order valence-electron chi connectivity index (χ0n) is 45.6. The van der Waals surface area contributed by atoms with E-state index in [4.69, 9.17) is 14.2 Å². The maximum absolute atomic E-state index is 12.9. The first-order valence-corrected chi connectivity index (χ1v) is 29.4. The van der Waals surface area contributed by atoms with Crippen LogP contribution in [0.3, 0.4) is 0 Å². The van der Waals surface area contributed by atoms with Gasteiger partial charge in [0.15, 0.2) is 6.10 Å². The summed E-state index contributed by atoms with van der Waals surface area (Å²) in [5.74, 6) is -0.911. The standard InChI is InChI=1S/C63H110O6/c1-4-7-10-13-16-19-22-25-28-30-31-33-36-38-41-44-47-50-53-56-62(65)68-59-60(69-63(66)57-54-51-48-45-42-39-34-27-24-21-18-15-12-9-6-3)58-67-61(64)55-52-49-46-43-40-37-35-32-29-26-23-20-17-14-11-8-5-2/h7,10,16,19,25-26,28-29,31,33,38,41,60H,4-6,8-9,11-15,17-18,20-24,27,30,32,34-37,39-40,42-59H2,1-3H3/b10-7-,19-16-,28-25-,29-26-,33-31-,41-38-/t60-/m0/s1. The van der Waals surface area contributed by atoms with E-state index in [1.54, 1.807) is 0 Å². The van der Waals surface area contributed by atoms with Gasteiger partial charge in [0.05, 0.1) is 0 Å². The molecule has 0 aromatic heterocycles. The number of esters is 3. The highest BCUT2D eigenvalue weighted by Gasteiger charge is 2.19. The third kappa shape index (κ3) is 55.6. The normalized spacial score (nSPS) is 12.6. The number of unbranched alkanes of at least 4 members (excludes halogenated alkanes) is 30. The van der Waals surface area contributed by atoms with Gasteiger partial charge >= 0.3 is 17.9 Å². The Bertz CT molecular complexity index is 1290. The molecule has 0 spiro atoms. The number of carbonyl (C=O) groups excluding carboxylic acids is 3. The summed E-state index contributed by atoms with van der Waals surface area (Å²) < 4.78 is 16.9. The summed E-state index contributed by atoms with van der Waals surface area (Å²) in [6.45, 7) is 6.52. The van der Waals surface area contributed by atoms with Crippen LogP contribution in [0.2, 0.25) is 0 Å². The van der Waals surface area contributed by atoms with Crippen molar-refractivity contribution in [3.8, 4) is 0 Å². The summed E-state index contributed by atoms with van der Waals surface area (Å²) in [6, 6.07) is 0. The van der Waals surface area contributed by atoms with E-state index in [0.29, 0.717) is 19.3 Å². The highest BCUT2D eigenvalue weighted by atomic mass is 16.6. The lowest BCUT2D eigenvalue weighted by molar-refractivity contribution is -0.167. The first kappa shape index (κ1) is 65.8. The number of hydrogen-bond donors (Lipinski definition) is 0. The molecular formula is C63H110O6. The molecule has 398 valence electrons. The predicted molar refractivity (Wildman–Crippen MR) is 298 cm³/mol. The molecule has 0 amide bonds. The van der Waals surface area contributed by atoms with Crippen molar-refractivity contribution in [2.75, 3.05) is 13.2 Å². The molecule has 0 saturated carbocycles. The Morgan fingerprint density at radius 1 is 0.304 bits per heavy atom. The molecule has 0 rings (SSSR count). The second kappa shape index (κ2) is 57.4. The maximum atomic E-state index is 12.9. The molecule has 6 nitrogen and oxygen atoms in total. The topological polar surface area (TPSA) is 78.9 Å². The monoisotopic (exact) mass is 963 g/mol. The van der Waals surface area contributed by atoms with Crippen LogP contribution < -0.4 is 0 Å². The van der Waals surface area contributed by atoms with E-state index >= 15 is 0 Å². The number of allylic oxidation sites excluding steroid dienone is 12. The van der Waals surface area contributed by atoms with Crippen LogP contribution in [0, 0.1) is 0 Å². The lowest BCUT2D eigenvalue weighted by Crippen LogP contribution is -2.30. The van der Waals surface area contributed by atoms with Gasteiger partial charge in [-0.25, -0.2) is 0 Å². The molecular weight excluding hydrogens is 853 g/mol. The second-order valence-corrected chi connectivity index (χ2v) is 19.5. The average molecular weight is 964 g/mol. The molecule has 0 N–H and O–H groups in total. The van der Waals surface area contributed by atoms with E-state index in [-0.39, 0.29) is 31.1 Å². The Balaban J connectivity index is 4.42. The molecule has 0 saturated heterocycles. The first-order valence-electron chi connectivity index (χ1n) is 29.4. The van der Waals surface area contributed by atoms with E-state index < -0.39 is 6.10 Å². The van der Waals surface area contributed by atoms with Crippen molar-refractivity contribution in [2.24, 2.45) is 0 Å². The number of hydrogen-bond acceptors (Lipinski definition) is 6. The lowest BCUT2D eigenvalue weighted by atomic mass is 10.0. The van der Waals surface area contributed by atoms with Crippen molar-refractivity contribution < 1.29 is 28.6 Å². The smallest absolute Gasteiger partial charge is 0.306 e. The molecule has 6 heteroatoms. The summed E-state index contributed by atoms with van der Waals surface area (Å²) in [5.41, 5.74) is 0. The molecule has 0 heterocycles. The van der Waals surface area contributed by atoms with Gasteiger partial charge < -0.3 is 14.2 Å². The Morgan fingerprint density at radius 3 is 0.913 bits per heavy atom. The van der Waals surface area contributed by atoms with Crippen LogP contribution in [0.4, 0.5) is 0 Å². The summed E-state index contributed by atoms with van der Waals surface area (Å²) >= 11 is 0. The molecule has 0 aromatic carbocycles. The number of rotatable bonds is 53. The second-order valence-electron chi connectivity index (χ2n) is 19.5. The van der Waals surface area contributed by atoms with Gasteiger partial charge in [-0.05, 0) is 89.9 Å². The molecule has 0 aliphatic heterocycles. The first-order chi connectivity index (χ1) is 34.0. The minimum Gasteiger partial charge on any atom is -0.462 e. The van der Waals surface area contributed by atoms with Gasteiger partial charge in [-0.1, -0.05) is 254 Å². The zero-order valence-corrected chi connectivity index (χ0v) is 45.6. The fourth-order valence-electron chi connectivity index (χ4n) is 8.29. The summed E-state index contributed by atoms with van der Waals surface area (Å²) in [6.07, 6.45) is 73.2. The van der Waals surface area contributed by atoms with Crippen molar-refractivity contribution >= 4 is 17.9 Å². The van der Waals surface area contributed by atoms with Crippen molar-refractivity contribution in [3.05, 3.63) is 72.9 Å². The van der Waals surface area contributed by atoms with E-state index in [1.807, 2.05) is 0 Å². The Hall–Kier alpha value is -3.15. The largest absolute Gasteiger partial charge is 0.462 e. The molecule has 0 radical (unpaired) electrons. The predicted octanol–water partition coefficient (Wildman–Crippen LogP) is 19.8. The van der Waals surface area contributed by atoms with Gasteiger partial charge in [0.1, 0.15) is 13.2 Å². The van der Waals surface area contributed by atoms with Crippen LogP contribution in [-0.2, 0) is 28.6 Å². The number of carbonyl (C=O) groups is 3. The molecule has 69 heavy (non-hydrogen) atoms. The van der Waals surface area contributed by atoms with E-state index in [1.165, 1.54) is 154 Å². The van der Waals surface area contributed by atoms with Crippen molar-refractivity contribution in [1.29, 1.82) is 0 Å². The zero-order chi connectivity index (χ0) is 50.0. The van der Waals surface area contributed by atoms with Gasteiger partial charge in [-0.15, -0.1) is 0 Å². The minimum absolute atomic E-state index is 0.0859. The quantitative estimate of drug-likeness (QED) is 0.0262. The molecule has 0 aromatic rings. The van der Waals surface area contributed by atoms with Crippen molar-refractivity contribution in [2.45, 2.75) is 297 Å². The van der Waals surface area contributed by atoms with Crippen molar-refractivity contribution in [3.63, 3.8) is 0 Å². The third-order valence-electron chi connectivity index (χ3n) is 12.7. The van der Waals surface area contributed by atoms with Gasteiger partial charge in [0, 0.05) is 19.3 Å². The lowest BCUT2D eigenvalue weighted by Gasteiger charge is -2.18. The van der Waals surface area contributed by atoms with Gasteiger partial charge in [0.25, 0.3) is 0 Å². The van der Waals surface area contributed by atoms with E-state index in [2.05, 4.69) is 93.7 Å². The van der Waals surface area contributed by atoms with Crippen LogP contribution in [0.25, 0.3) is 0 Å². The fourth-order valence-corrected chi connectivity index (χ4v) is 8.29. The Kier molecular flexibility index (Phi) is 54.8. The number of ether oxygens (including phenoxy) is 3. The average Bonchev–Trinajstić information content (AvgIpc) is 3.35. The maximum Gasteiger partial charge on any atom is 0.306 e. The summed E-state index contributed by atoms with van der Waals surface area (Å²) in [4.78, 5) is 38.2. The summed E-state index contributed by atoms with van der Waals surface area (Å²) in [7, 11) is 0.